The number of anilines is 1. The molecule has 6 heteroatoms. The third-order valence-electron chi connectivity index (χ3n) is 4.66. The number of nitrogens with zero attached hydrogens (tertiary/aromatic N) is 2. The van der Waals surface area contributed by atoms with E-state index in [4.69, 9.17) is 4.74 Å². The van der Waals surface area contributed by atoms with Crippen molar-refractivity contribution in [1.29, 1.82) is 0 Å². The molecule has 2 N–H and O–H groups in total. The molecule has 0 saturated carbocycles. The van der Waals surface area contributed by atoms with E-state index in [1.165, 1.54) is 0 Å². The number of carbonyl (C=O) groups excluding carboxylic acids is 1. The van der Waals surface area contributed by atoms with Gasteiger partial charge >= 0.3 is 0 Å². The first-order valence-corrected chi connectivity index (χ1v) is 9.28. The number of aliphatic hydroxyl groups is 1. The largest absolute Gasteiger partial charge is 0.483 e. The van der Waals surface area contributed by atoms with Crippen LogP contribution in [-0.4, -0.2) is 27.4 Å². The van der Waals surface area contributed by atoms with E-state index in [0.717, 1.165) is 27.5 Å². The minimum absolute atomic E-state index is 0.00708. The molecule has 0 spiro atoms. The first-order chi connectivity index (χ1) is 14.1. The van der Waals surface area contributed by atoms with Gasteiger partial charge in [-0.2, -0.15) is 5.10 Å². The summed E-state index contributed by atoms with van der Waals surface area (Å²) >= 11 is 0. The van der Waals surface area contributed by atoms with E-state index in [0.29, 0.717) is 11.6 Å². The van der Waals surface area contributed by atoms with Crippen molar-refractivity contribution in [3.05, 3.63) is 78.5 Å². The second-order valence-corrected chi connectivity index (χ2v) is 6.73. The highest BCUT2D eigenvalue weighted by molar-refractivity contribution is 6.00. The summed E-state index contributed by atoms with van der Waals surface area (Å²) in [6.07, 6.45) is 1.76. The van der Waals surface area contributed by atoms with Crippen molar-refractivity contribution < 1.29 is 14.6 Å². The third kappa shape index (κ3) is 4.12. The zero-order chi connectivity index (χ0) is 20.2. The van der Waals surface area contributed by atoms with Crippen LogP contribution in [0.1, 0.15) is 5.56 Å². The van der Waals surface area contributed by atoms with Crippen molar-refractivity contribution >= 4 is 22.5 Å². The van der Waals surface area contributed by atoms with Gasteiger partial charge < -0.3 is 15.2 Å². The number of fused-ring (bicyclic) bond motifs is 1. The summed E-state index contributed by atoms with van der Waals surface area (Å²) in [7, 11) is 1.79. The molecule has 0 saturated heterocycles. The van der Waals surface area contributed by atoms with Crippen molar-refractivity contribution in [2.45, 2.75) is 6.61 Å². The lowest BCUT2D eigenvalue weighted by atomic mass is 9.96. The highest BCUT2D eigenvalue weighted by atomic mass is 16.5. The molecule has 6 nitrogen and oxygen atoms in total. The summed E-state index contributed by atoms with van der Waals surface area (Å²) in [6.45, 7) is -0.135. The van der Waals surface area contributed by atoms with Gasteiger partial charge in [-0.15, -0.1) is 0 Å². The summed E-state index contributed by atoms with van der Waals surface area (Å²) in [6, 6.07) is 21.3. The van der Waals surface area contributed by atoms with Crippen molar-refractivity contribution in [2.75, 3.05) is 11.9 Å². The summed E-state index contributed by atoms with van der Waals surface area (Å²) in [5, 5.41) is 18.3. The van der Waals surface area contributed by atoms with Crippen LogP contribution in [0.2, 0.25) is 0 Å². The Bertz CT molecular complexity index is 1150. The average molecular weight is 387 g/mol. The maximum Gasteiger partial charge on any atom is 0.263 e. The molecule has 0 aliphatic heterocycles. The van der Waals surface area contributed by atoms with Gasteiger partial charge in [0.2, 0.25) is 0 Å². The average Bonchev–Trinajstić information content (AvgIpc) is 3.16. The number of aryl methyl sites for hydroxylation is 1. The van der Waals surface area contributed by atoms with Gasteiger partial charge in [0.25, 0.3) is 5.91 Å². The number of rotatable bonds is 6. The number of hydrogen-bond donors (Lipinski definition) is 2. The molecule has 0 radical (unpaired) electrons. The summed E-state index contributed by atoms with van der Waals surface area (Å²) in [4.78, 5) is 12.3. The van der Waals surface area contributed by atoms with Crippen LogP contribution in [0.3, 0.4) is 0 Å². The van der Waals surface area contributed by atoms with Gasteiger partial charge in [0.15, 0.2) is 12.4 Å². The lowest BCUT2D eigenvalue weighted by molar-refractivity contribution is -0.118. The van der Waals surface area contributed by atoms with Gasteiger partial charge in [-0.3, -0.25) is 9.48 Å². The Labute approximate surface area is 168 Å². The Morgan fingerprint density at radius 1 is 1.07 bits per heavy atom. The molecule has 3 aromatic carbocycles. The van der Waals surface area contributed by atoms with E-state index in [1.54, 1.807) is 24.0 Å². The number of nitrogens with one attached hydrogen (secondary N) is 1. The number of hydrogen-bond acceptors (Lipinski definition) is 4. The lowest BCUT2D eigenvalue weighted by Crippen LogP contribution is -2.20. The topological polar surface area (TPSA) is 76.4 Å². The van der Waals surface area contributed by atoms with Gasteiger partial charge in [-0.1, -0.05) is 54.6 Å². The van der Waals surface area contributed by atoms with Gasteiger partial charge in [0.05, 0.1) is 6.61 Å². The zero-order valence-corrected chi connectivity index (χ0v) is 16.0. The number of aromatic nitrogens is 2. The van der Waals surface area contributed by atoms with E-state index >= 15 is 0 Å². The number of benzene rings is 3. The van der Waals surface area contributed by atoms with Crippen molar-refractivity contribution in [2.24, 2.45) is 7.05 Å². The van der Waals surface area contributed by atoms with E-state index in [-0.39, 0.29) is 19.1 Å². The summed E-state index contributed by atoms with van der Waals surface area (Å²) in [5.74, 6) is 0.828. The predicted octanol–water partition coefficient (Wildman–Crippen LogP) is 3.75. The molecule has 0 fully saturated rings. The zero-order valence-electron chi connectivity index (χ0n) is 16.0. The van der Waals surface area contributed by atoms with Gasteiger partial charge in [0.1, 0.15) is 5.75 Å². The van der Waals surface area contributed by atoms with Crippen LogP contribution in [0, 0.1) is 0 Å². The smallest absolute Gasteiger partial charge is 0.263 e. The molecular formula is C23H21N3O3. The van der Waals surface area contributed by atoms with Gasteiger partial charge in [0, 0.05) is 24.9 Å². The molecule has 29 heavy (non-hydrogen) atoms. The van der Waals surface area contributed by atoms with Crippen LogP contribution in [0.15, 0.2) is 72.9 Å². The number of carbonyl (C=O) groups is 1. The maximum atomic E-state index is 12.3. The first kappa shape index (κ1) is 18.7. The second kappa shape index (κ2) is 8.16. The molecule has 146 valence electrons. The molecule has 1 aromatic heterocycles. The van der Waals surface area contributed by atoms with E-state index in [9.17, 15) is 9.90 Å². The maximum absolute atomic E-state index is 12.3. The molecule has 0 aliphatic rings. The molecule has 0 aliphatic carbocycles. The van der Waals surface area contributed by atoms with Crippen LogP contribution in [0.25, 0.3) is 21.9 Å². The normalized spacial score (nSPS) is 10.8. The molecule has 0 unspecified atom stereocenters. The minimum Gasteiger partial charge on any atom is -0.483 e. The highest BCUT2D eigenvalue weighted by Gasteiger charge is 2.13. The third-order valence-corrected chi connectivity index (χ3v) is 4.66. The SMILES string of the molecule is Cn1ccc(NC(=O)COc2ccc3ccccc3c2-c2ccc(CO)cc2)n1. The van der Waals surface area contributed by atoms with Crippen LogP contribution < -0.4 is 10.1 Å². The fourth-order valence-corrected chi connectivity index (χ4v) is 3.25. The Balaban J connectivity index is 1.63. The number of amides is 1. The van der Waals surface area contributed by atoms with Crippen molar-refractivity contribution in [3.63, 3.8) is 0 Å². The number of ether oxygens (including phenoxy) is 1. The van der Waals surface area contributed by atoms with Crippen LogP contribution in [0.5, 0.6) is 5.75 Å². The van der Waals surface area contributed by atoms with Crippen LogP contribution in [0.4, 0.5) is 5.82 Å². The molecule has 4 rings (SSSR count). The second-order valence-electron chi connectivity index (χ2n) is 6.73. The summed E-state index contributed by atoms with van der Waals surface area (Å²) in [5.41, 5.74) is 2.71. The fraction of sp³-hybridized carbons (Fsp3) is 0.130. The van der Waals surface area contributed by atoms with Gasteiger partial charge in [-0.05, 0) is 28.0 Å². The fourth-order valence-electron chi connectivity index (χ4n) is 3.25. The molecular weight excluding hydrogens is 366 g/mol. The monoisotopic (exact) mass is 387 g/mol. The molecule has 0 bridgehead atoms. The van der Waals surface area contributed by atoms with E-state index in [2.05, 4.69) is 10.4 Å². The molecule has 1 amide bonds. The van der Waals surface area contributed by atoms with Gasteiger partial charge in [-0.25, -0.2) is 0 Å². The minimum atomic E-state index is -0.279. The van der Waals surface area contributed by atoms with E-state index in [1.807, 2.05) is 60.7 Å². The Hall–Kier alpha value is -3.64. The lowest BCUT2D eigenvalue weighted by Gasteiger charge is -2.15. The Kier molecular flexibility index (Phi) is 5.27. The van der Waals surface area contributed by atoms with Crippen molar-refractivity contribution in [3.8, 4) is 16.9 Å². The van der Waals surface area contributed by atoms with Crippen molar-refractivity contribution in [1.82, 2.24) is 9.78 Å². The first-order valence-electron chi connectivity index (χ1n) is 9.28. The van der Waals surface area contributed by atoms with E-state index < -0.39 is 0 Å². The quantitative estimate of drug-likeness (QED) is 0.528. The molecule has 0 atom stereocenters. The Morgan fingerprint density at radius 3 is 2.59 bits per heavy atom. The molecule has 4 aromatic rings. The van der Waals surface area contributed by atoms with Crippen LogP contribution >= 0.6 is 0 Å². The summed E-state index contributed by atoms with van der Waals surface area (Å²) < 4.78 is 7.52. The van der Waals surface area contributed by atoms with Crippen LogP contribution in [-0.2, 0) is 18.4 Å². The Morgan fingerprint density at radius 2 is 1.86 bits per heavy atom. The predicted molar refractivity (Wildman–Crippen MR) is 113 cm³/mol. The highest BCUT2D eigenvalue weighted by Crippen LogP contribution is 2.37. The standard InChI is InChI=1S/C23H21N3O3/c1-26-13-12-21(25-26)24-22(28)15-29-20-11-10-17-4-2-3-5-19(17)23(20)18-8-6-16(14-27)7-9-18/h2-13,27H,14-15H2,1H3,(H,24,25,28). The number of aliphatic hydroxyl groups excluding tert-OH is 1. The molecule has 1 heterocycles.